The van der Waals surface area contributed by atoms with E-state index in [1.54, 1.807) is 92.7 Å². The summed E-state index contributed by atoms with van der Waals surface area (Å²) in [7, 11) is 0. The van der Waals surface area contributed by atoms with Gasteiger partial charge in [0.15, 0.2) is 23.6 Å². The van der Waals surface area contributed by atoms with Crippen molar-refractivity contribution in [3.05, 3.63) is 119 Å². The summed E-state index contributed by atoms with van der Waals surface area (Å²) in [6, 6.07) is 23.0. The molecule has 1 amide bonds. The van der Waals surface area contributed by atoms with Crippen LogP contribution in [0.4, 0.5) is 0 Å². The van der Waals surface area contributed by atoms with E-state index in [1.165, 1.54) is 32.9 Å². The molecule has 4 N–H and O–H groups in total. The molecule has 3 aromatic carbocycles. The van der Waals surface area contributed by atoms with Gasteiger partial charge in [-0.3, -0.25) is 19.2 Å². The lowest BCUT2D eigenvalue weighted by atomic mass is 9.44. The molecular weight excluding hydrogens is 815 g/mol. The van der Waals surface area contributed by atoms with Gasteiger partial charge < -0.3 is 44.3 Å². The fraction of sp³-hybridized carbons (Fsp3) is 0.458. The van der Waals surface area contributed by atoms with Crippen molar-refractivity contribution in [2.75, 3.05) is 6.61 Å². The Morgan fingerprint density at radius 3 is 2.02 bits per heavy atom. The van der Waals surface area contributed by atoms with Crippen molar-refractivity contribution >= 4 is 35.6 Å². The molecule has 3 aliphatic carbocycles. The number of ether oxygens (including phenoxy) is 5. The van der Waals surface area contributed by atoms with Crippen molar-refractivity contribution in [2.45, 2.75) is 115 Å². The van der Waals surface area contributed by atoms with Gasteiger partial charge in [0.25, 0.3) is 5.91 Å². The van der Waals surface area contributed by atoms with Crippen LogP contribution in [0.15, 0.2) is 102 Å². The number of esters is 4. The first kappa shape index (κ1) is 45.3. The summed E-state index contributed by atoms with van der Waals surface area (Å²) in [5, 5.41) is 40.4. The lowest BCUT2D eigenvalue weighted by Crippen LogP contribution is -2.82. The van der Waals surface area contributed by atoms with Gasteiger partial charge in [0.2, 0.25) is 0 Å². The van der Waals surface area contributed by atoms with Crippen LogP contribution in [0.2, 0.25) is 0 Å². The molecule has 63 heavy (non-hydrogen) atoms. The number of benzene rings is 3. The van der Waals surface area contributed by atoms with E-state index in [2.05, 4.69) is 5.32 Å². The third-order valence-corrected chi connectivity index (χ3v) is 13.7. The maximum Gasteiger partial charge on any atom is 0.338 e. The SMILES string of the molecule is CCC(=O)O[C@H]1C(=O)[C@@]2(C)[C@H]([C@H](OC(=O)c3ccccc3)[C@]3(O)C[C@H](OC(=O)[C@H](O)[C@@H](NC(=O)c4ccccc4)c4ccccc4)C(C)=C1C3(C)C)[C@]1(OC(C)=O)CO[C@@H]1C[C@@H]2O. The molecule has 334 valence electrons. The van der Waals surface area contributed by atoms with Gasteiger partial charge in [0, 0.05) is 37.2 Å². The fourth-order valence-electron chi connectivity index (χ4n) is 10.2. The first-order valence-corrected chi connectivity index (χ1v) is 21.0. The molecule has 2 saturated carbocycles. The molecule has 2 bridgehead atoms. The van der Waals surface area contributed by atoms with E-state index >= 15 is 4.79 Å². The standard InChI is InChI=1S/C48H53NO14/c1-7-34(52)61-38-35-26(2)31(60-44(57)37(53)36(28-17-11-8-12-18-28)49-42(55)29-19-13-9-14-20-29)24-48(58,45(35,4)5)41(62-43(56)30-21-15-10-16-22-30)39-46(6,40(38)54)32(51)23-33-47(39,25-59-33)63-27(3)50/h8-22,31-33,36-39,41,51,53,58H,7,23-25H2,1-6H3,(H,49,55)/t31-,32-,33+,36-,37+,38+,39-,41-,46+,47-,48+/m0/s1. The van der Waals surface area contributed by atoms with Crippen LogP contribution in [0.3, 0.4) is 0 Å². The third kappa shape index (κ3) is 7.64. The summed E-state index contributed by atoms with van der Waals surface area (Å²) in [4.78, 5) is 84.1. The minimum atomic E-state index is -2.39. The number of hydrogen-bond donors (Lipinski definition) is 4. The number of nitrogens with one attached hydrogen (secondary N) is 1. The minimum Gasteiger partial charge on any atom is -0.456 e. The summed E-state index contributed by atoms with van der Waals surface area (Å²) in [6.07, 6.45) is -10.7. The third-order valence-electron chi connectivity index (χ3n) is 13.7. The van der Waals surface area contributed by atoms with Crippen molar-refractivity contribution in [1.82, 2.24) is 5.32 Å². The van der Waals surface area contributed by atoms with E-state index in [1.807, 2.05) is 0 Å². The molecule has 3 fully saturated rings. The molecular formula is C48H53NO14. The van der Waals surface area contributed by atoms with Crippen LogP contribution in [0.25, 0.3) is 0 Å². The number of fused-ring (bicyclic) bond motifs is 5. The molecule has 1 aliphatic heterocycles. The number of carbonyl (C=O) groups is 6. The average Bonchev–Trinajstić information content (AvgIpc) is 3.26. The summed E-state index contributed by atoms with van der Waals surface area (Å²) in [5.41, 5.74) is -7.00. The van der Waals surface area contributed by atoms with E-state index < -0.39 is 113 Å². The highest BCUT2D eigenvalue weighted by molar-refractivity contribution is 5.96. The Kier molecular flexibility index (Phi) is 12.3. The fourth-order valence-corrected chi connectivity index (χ4v) is 10.2. The second-order valence-corrected chi connectivity index (χ2v) is 17.6. The summed E-state index contributed by atoms with van der Waals surface area (Å²) in [5.74, 6) is -6.73. The number of amides is 1. The number of carbonyl (C=O) groups excluding carboxylic acids is 6. The zero-order chi connectivity index (χ0) is 45.6. The van der Waals surface area contributed by atoms with E-state index in [9.17, 15) is 39.3 Å². The first-order valence-electron chi connectivity index (χ1n) is 21.0. The minimum absolute atomic E-state index is 0.00786. The van der Waals surface area contributed by atoms with Crippen LogP contribution in [0, 0.1) is 16.7 Å². The Hall–Kier alpha value is -5.74. The normalized spacial score (nSPS) is 31.5. The van der Waals surface area contributed by atoms with Gasteiger partial charge in [-0.05, 0) is 54.8 Å². The largest absolute Gasteiger partial charge is 0.456 e. The molecule has 11 atom stereocenters. The summed E-state index contributed by atoms with van der Waals surface area (Å²) >= 11 is 0. The van der Waals surface area contributed by atoms with Gasteiger partial charge in [-0.25, -0.2) is 9.59 Å². The summed E-state index contributed by atoms with van der Waals surface area (Å²) < 4.78 is 30.5. The van der Waals surface area contributed by atoms with Gasteiger partial charge in [-0.15, -0.1) is 0 Å². The quantitative estimate of drug-likeness (QED) is 0.121. The number of aliphatic hydroxyl groups excluding tert-OH is 2. The molecule has 15 nitrogen and oxygen atoms in total. The Morgan fingerprint density at radius 2 is 1.46 bits per heavy atom. The Bertz CT molecular complexity index is 2300. The molecule has 0 radical (unpaired) electrons. The molecule has 7 rings (SSSR count). The average molecular weight is 868 g/mol. The van der Waals surface area contributed by atoms with E-state index in [4.69, 9.17) is 23.7 Å². The van der Waals surface area contributed by atoms with Crippen molar-refractivity contribution in [3.63, 3.8) is 0 Å². The first-order chi connectivity index (χ1) is 29.8. The van der Waals surface area contributed by atoms with E-state index in [-0.39, 0.29) is 41.7 Å². The van der Waals surface area contributed by atoms with Gasteiger partial charge in [-0.2, -0.15) is 0 Å². The summed E-state index contributed by atoms with van der Waals surface area (Å²) in [6.45, 7) is 8.46. The Labute approximate surface area is 364 Å². The highest BCUT2D eigenvalue weighted by Gasteiger charge is 2.78. The lowest BCUT2D eigenvalue weighted by Gasteiger charge is -2.67. The highest BCUT2D eigenvalue weighted by Crippen LogP contribution is 2.64. The number of aliphatic hydroxyl groups is 3. The van der Waals surface area contributed by atoms with Crippen LogP contribution >= 0.6 is 0 Å². The van der Waals surface area contributed by atoms with E-state index in [0.29, 0.717) is 5.56 Å². The van der Waals surface area contributed by atoms with Crippen molar-refractivity contribution in [1.29, 1.82) is 0 Å². The zero-order valence-electron chi connectivity index (χ0n) is 35.9. The van der Waals surface area contributed by atoms with Crippen molar-refractivity contribution in [3.8, 4) is 0 Å². The molecule has 1 saturated heterocycles. The number of Topliss-reactive ketones (excluding diaryl/α,β-unsaturated/α-hetero) is 1. The van der Waals surface area contributed by atoms with Crippen LogP contribution in [-0.2, 0) is 42.9 Å². The van der Waals surface area contributed by atoms with Crippen molar-refractivity contribution in [2.24, 2.45) is 16.7 Å². The maximum atomic E-state index is 15.6. The van der Waals surface area contributed by atoms with Crippen LogP contribution in [-0.4, -0.2) is 105 Å². The van der Waals surface area contributed by atoms with E-state index in [0.717, 1.165) is 6.92 Å². The number of hydrogen-bond acceptors (Lipinski definition) is 14. The van der Waals surface area contributed by atoms with Gasteiger partial charge in [-0.1, -0.05) is 87.5 Å². The molecule has 0 unspecified atom stereocenters. The number of rotatable bonds is 11. The predicted octanol–water partition coefficient (Wildman–Crippen LogP) is 4.13. The highest BCUT2D eigenvalue weighted by atomic mass is 16.6. The van der Waals surface area contributed by atoms with Gasteiger partial charge >= 0.3 is 23.9 Å². The van der Waals surface area contributed by atoms with Gasteiger partial charge in [0.05, 0.1) is 35.6 Å². The van der Waals surface area contributed by atoms with Crippen LogP contribution in [0.5, 0.6) is 0 Å². The van der Waals surface area contributed by atoms with Crippen LogP contribution < -0.4 is 5.32 Å². The number of ketones is 1. The van der Waals surface area contributed by atoms with Gasteiger partial charge in [0.1, 0.15) is 23.9 Å². The molecule has 3 aromatic rings. The van der Waals surface area contributed by atoms with Crippen LogP contribution in [0.1, 0.15) is 93.1 Å². The predicted molar refractivity (Wildman–Crippen MR) is 222 cm³/mol. The zero-order valence-corrected chi connectivity index (χ0v) is 35.9. The molecule has 1 heterocycles. The second-order valence-electron chi connectivity index (χ2n) is 17.6. The second kappa shape index (κ2) is 17.1. The van der Waals surface area contributed by atoms with Crippen molar-refractivity contribution < 1.29 is 67.8 Å². The smallest absolute Gasteiger partial charge is 0.338 e. The maximum absolute atomic E-state index is 15.6. The topological polar surface area (TPSA) is 221 Å². The molecule has 15 heteroatoms. The molecule has 0 spiro atoms. The molecule has 4 aliphatic rings. The monoisotopic (exact) mass is 867 g/mol. The Morgan fingerprint density at radius 1 is 0.873 bits per heavy atom. The lowest BCUT2D eigenvalue weighted by molar-refractivity contribution is -0.346. The molecule has 0 aromatic heterocycles. The Balaban J connectivity index is 1.40.